The zero-order chi connectivity index (χ0) is 16.3. The lowest BCUT2D eigenvalue weighted by Crippen LogP contribution is -2.57. The number of benzene rings is 1. The van der Waals surface area contributed by atoms with Gasteiger partial charge in [-0.3, -0.25) is 9.69 Å². The molecule has 1 spiro atoms. The van der Waals surface area contributed by atoms with Crippen molar-refractivity contribution in [1.29, 1.82) is 0 Å². The van der Waals surface area contributed by atoms with Crippen LogP contribution in [-0.2, 0) is 16.1 Å². The van der Waals surface area contributed by atoms with Gasteiger partial charge in [0.1, 0.15) is 6.61 Å². The van der Waals surface area contributed by atoms with E-state index in [9.17, 15) is 4.79 Å². The van der Waals surface area contributed by atoms with Crippen LogP contribution in [0.4, 0.5) is 0 Å². The van der Waals surface area contributed by atoms with Gasteiger partial charge in [-0.05, 0) is 45.2 Å². The molecule has 1 aliphatic heterocycles. The predicted octanol–water partition coefficient (Wildman–Crippen LogP) is 2.68. The Bertz CT molecular complexity index is 523. The largest absolute Gasteiger partial charge is 0.363 e. The number of rotatable bonds is 4. The van der Waals surface area contributed by atoms with E-state index in [4.69, 9.17) is 4.74 Å². The van der Waals surface area contributed by atoms with Gasteiger partial charge in [-0.2, -0.15) is 0 Å². The number of morpholine rings is 1. The Morgan fingerprint density at radius 1 is 1.26 bits per heavy atom. The standard InChI is InChI=1S/C19H28N2O2/c1-3-21-15-19(23-14-18(21)22)11-9-17(10-12-19)20(2)13-16-7-5-4-6-8-16/h4-8,17H,3,9-15H2,1-2H3/t17-,19+. The quantitative estimate of drug-likeness (QED) is 0.856. The summed E-state index contributed by atoms with van der Waals surface area (Å²) in [5.41, 5.74) is 1.28. The molecular weight excluding hydrogens is 288 g/mol. The number of ether oxygens (including phenoxy) is 1. The van der Waals surface area contributed by atoms with Crippen molar-refractivity contribution in [3.05, 3.63) is 35.9 Å². The van der Waals surface area contributed by atoms with Crippen LogP contribution in [0, 0.1) is 0 Å². The van der Waals surface area contributed by atoms with Crippen LogP contribution in [0.15, 0.2) is 30.3 Å². The molecule has 3 rings (SSSR count). The second kappa shape index (κ2) is 7.02. The summed E-state index contributed by atoms with van der Waals surface area (Å²) in [6, 6.07) is 11.3. The molecule has 0 aromatic heterocycles. The number of nitrogens with zero attached hydrogens (tertiary/aromatic N) is 2. The minimum atomic E-state index is -0.0893. The van der Waals surface area contributed by atoms with E-state index in [-0.39, 0.29) is 18.1 Å². The van der Waals surface area contributed by atoms with Crippen molar-refractivity contribution in [2.75, 3.05) is 26.7 Å². The molecule has 23 heavy (non-hydrogen) atoms. The summed E-state index contributed by atoms with van der Waals surface area (Å²) in [4.78, 5) is 16.2. The van der Waals surface area contributed by atoms with E-state index < -0.39 is 0 Å². The van der Waals surface area contributed by atoms with Crippen LogP contribution in [0.2, 0.25) is 0 Å². The summed E-state index contributed by atoms with van der Waals surface area (Å²) in [6.45, 7) is 4.88. The van der Waals surface area contributed by atoms with E-state index in [1.165, 1.54) is 5.56 Å². The molecule has 1 aromatic carbocycles. The van der Waals surface area contributed by atoms with Gasteiger partial charge in [0.05, 0.1) is 5.60 Å². The molecule has 0 N–H and O–H groups in total. The van der Waals surface area contributed by atoms with Crippen molar-refractivity contribution < 1.29 is 9.53 Å². The molecule has 0 bridgehead atoms. The maximum Gasteiger partial charge on any atom is 0.248 e. The number of hydrogen-bond acceptors (Lipinski definition) is 3. The summed E-state index contributed by atoms with van der Waals surface area (Å²) in [5, 5.41) is 0. The summed E-state index contributed by atoms with van der Waals surface area (Å²) in [6.07, 6.45) is 4.41. The van der Waals surface area contributed by atoms with E-state index >= 15 is 0 Å². The van der Waals surface area contributed by atoms with E-state index in [1.54, 1.807) is 0 Å². The molecule has 2 aliphatic rings. The van der Waals surface area contributed by atoms with Gasteiger partial charge >= 0.3 is 0 Å². The van der Waals surface area contributed by atoms with Gasteiger partial charge in [-0.15, -0.1) is 0 Å². The molecule has 4 nitrogen and oxygen atoms in total. The molecule has 4 heteroatoms. The average Bonchev–Trinajstić information content (AvgIpc) is 2.59. The molecule has 0 radical (unpaired) electrons. The molecule has 1 saturated carbocycles. The lowest BCUT2D eigenvalue weighted by molar-refractivity contribution is -0.170. The highest BCUT2D eigenvalue weighted by Crippen LogP contribution is 2.36. The van der Waals surface area contributed by atoms with Gasteiger partial charge < -0.3 is 9.64 Å². The fourth-order valence-corrected chi connectivity index (χ4v) is 3.95. The zero-order valence-electron chi connectivity index (χ0n) is 14.3. The molecule has 1 aliphatic carbocycles. The normalized spacial score (nSPS) is 28.6. The minimum absolute atomic E-state index is 0.0893. The second-order valence-electron chi connectivity index (χ2n) is 7.01. The van der Waals surface area contributed by atoms with Gasteiger partial charge in [0.25, 0.3) is 0 Å². The van der Waals surface area contributed by atoms with Crippen molar-refractivity contribution in [3.63, 3.8) is 0 Å². The van der Waals surface area contributed by atoms with Crippen molar-refractivity contribution in [3.8, 4) is 0 Å². The first-order chi connectivity index (χ1) is 11.1. The smallest absolute Gasteiger partial charge is 0.248 e. The second-order valence-corrected chi connectivity index (χ2v) is 7.01. The van der Waals surface area contributed by atoms with Gasteiger partial charge in [-0.1, -0.05) is 30.3 Å². The molecule has 0 atom stereocenters. The number of carbonyl (C=O) groups is 1. The van der Waals surface area contributed by atoms with E-state index in [1.807, 2.05) is 4.90 Å². The molecule has 0 unspecified atom stereocenters. The van der Waals surface area contributed by atoms with Crippen LogP contribution in [-0.4, -0.2) is 54.1 Å². The fraction of sp³-hybridized carbons (Fsp3) is 0.632. The Morgan fingerprint density at radius 2 is 1.96 bits per heavy atom. The summed E-state index contributed by atoms with van der Waals surface area (Å²) < 4.78 is 5.99. The summed E-state index contributed by atoms with van der Waals surface area (Å²) >= 11 is 0. The fourth-order valence-electron chi connectivity index (χ4n) is 3.95. The monoisotopic (exact) mass is 316 g/mol. The van der Waals surface area contributed by atoms with Crippen LogP contribution >= 0.6 is 0 Å². The Hall–Kier alpha value is -1.39. The number of amides is 1. The molecule has 1 heterocycles. The lowest BCUT2D eigenvalue weighted by atomic mass is 9.80. The van der Waals surface area contributed by atoms with Gasteiger partial charge in [0.2, 0.25) is 5.91 Å². The maximum absolute atomic E-state index is 11.8. The molecule has 1 saturated heterocycles. The highest BCUT2D eigenvalue weighted by molar-refractivity contribution is 5.78. The third-order valence-corrected chi connectivity index (χ3v) is 5.48. The van der Waals surface area contributed by atoms with Crippen LogP contribution < -0.4 is 0 Å². The molecule has 2 fully saturated rings. The molecule has 1 amide bonds. The molecular formula is C19H28N2O2. The Balaban J connectivity index is 1.55. The SMILES string of the molecule is CCN1C[C@]2(CC[C@H](N(C)Cc3ccccc3)CC2)OCC1=O. The average molecular weight is 316 g/mol. The van der Waals surface area contributed by atoms with E-state index in [2.05, 4.69) is 49.2 Å². The van der Waals surface area contributed by atoms with Crippen LogP contribution in [0.1, 0.15) is 38.2 Å². The number of carbonyl (C=O) groups excluding carboxylic acids is 1. The highest BCUT2D eigenvalue weighted by atomic mass is 16.5. The van der Waals surface area contributed by atoms with Gasteiger partial charge in [0, 0.05) is 25.7 Å². The topological polar surface area (TPSA) is 32.8 Å². The molecule has 126 valence electrons. The van der Waals surface area contributed by atoms with Crippen molar-refractivity contribution >= 4 is 5.91 Å². The van der Waals surface area contributed by atoms with Crippen molar-refractivity contribution in [1.82, 2.24) is 9.80 Å². The maximum atomic E-state index is 11.8. The lowest BCUT2D eigenvalue weighted by Gasteiger charge is -2.47. The van der Waals surface area contributed by atoms with Crippen LogP contribution in [0.3, 0.4) is 0 Å². The zero-order valence-corrected chi connectivity index (χ0v) is 14.3. The third kappa shape index (κ3) is 3.75. The summed E-state index contributed by atoms with van der Waals surface area (Å²) in [5.74, 6) is 0.140. The van der Waals surface area contributed by atoms with E-state index in [0.29, 0.717) is 6.04 Å². The minimum Gasteiger partial charge on any atom is -0.363 e. The van der Waals surface area contributed by atoms with Crippen molar-refractivity contribution in [2.45, 2.75) is 50.8 Å². The Labute approximate surface area is 139 Å². The van der Waals surface area contributed by atoms with Gasteiger partial charge in [0.15, 0.2) is 0 Å². The first kappa shape index (κ1) is 16.5. The third-order valence-electron chi connectivity index (χ3n) is 5.48. The van der Waals surface area contributed by atoms with Crippen molar-refractivity contribution in [2.24, 2.45) is 0 Å². The Kier molecular flexibility index (Phi) is 5.02. The first-order valence-corrected chi connectivity index (χ1v) is 8.78. The number of hydrogen-bond donors (Lipinski definition) is 0. The summed E-state index contributed by atoms with van der Waals surface area (Å²) in [7, 11) is 2.22. The Morgan fingerprint density at radius 3 is 2.61 bits per heavy atom. The van der Waals surface area contributed by atoms with E-state index in [0.717, 1.165) is 45.3 Å². The molecule has 1 aromatic rings. The van der Waals surface area contributed by atoms with Crippen LogP contribution in [0.25, 0.3) is 0 Å². The number of likely N-dealkylation sites (N-methyl/N-ethyl adjacent to an activating group) is 1. The highest BCUT2D eigenvalue weighted by Gasteiger charge is 2.42. The first-order valence-electron chi connectivity index (χ1n) is 8.78. The predicted molar refractivity (Wildman–Crippen MR) is 91.1 cm³/mol. The van der Waals surface area contributed by atoms with Crippen LogP contribution in [0.5, 0.6) is 0 Å². The van der Waals surface area contributed by atoms with Gasteiger partial charge in [-0.25, -0.2) is 0 Å².